The van der Waals surface area contributed by atoms with Crippen LogP contribution < -0.4 is 9.44 Å². The van der Waals surface area contributed by atoms with Crippen LogP contribution in [0.15, 0.2) is 179 Å². The van der Waals surface area contributed by atoms with Crippen molar-refractivity contribution in [2.45, 2.75) is 170 Å². The first-order chi connectivity index (χ1) is 41.2. The molecule has 0 fully saturated rings. The lowest BCUT2D eigenvalue weighted by Gasteiger charge is -2.39. The molecule has 0 spiro atoms. The molecule has 4 N–H and O–H groups in total. The van der Waals surface area contributed by atoms with Gasteiger partial charge in [0.2, 0.25) is 0 Å². The Hall–Kier alpha value is -7.72. The lowest BCUT2D eigenvalue weighted by Crippen LogP contribution is -2.41. The number of anilines is 2. The molecule has 0 radical (unpaired) electrons. The summed E-state index contributed by atoms with van der Waals surface area (Å²) in [4.78, 5) is 33.9. The number of benzene rings is 4. The maximum Gasteiger partial charge on any atom is 0.417 e. The Morgan fingerprint density at radius 2 is 0.920 bits per heavy atom. The number of cyclic esters (lactones) is 2. The third kappa shape index (κ3) is 18.0. The molecule has 4 atom stereocenters. The van der Waals surface area contributed by atoms with E-state index in [1.165, 1.54) is 24.3 Å². The van der Waals surface area contributed by atoms with Gasteiger partial charge in [-0.25, -0.2) is 19.6 Å². The van der Waals surface area contributed by atoms with Gasteiger partial charge < -0.3 is 19.7 Å². The number of alkyl halides is 6. The SMILES string of the molecule is CC.CCCC[C@@]1(CCc2ccccc2)CC(O)=C([C@H](CC)c2cccc(NS(=O)(=O)c3ccc(C(F)(F)F)cn3)c2)C(=O)O1.CCC[C@@]1(CCc2ccccc2)CC(O)=C([C@H](CC)c2cccc(NS(=O)(=O)c3ccc(C(F)(F)F)cn3)c2)C(=O)O1. The number of aliphatic hydroxyl groups is 2. The second kappa shape index (κ2) is 29.8. The van der Waals surface area contributed by atoms with E-state index in [1.54, 1.807) is 24.3 Å². The molecule has 6 aromatic rings. The van der Waals surface area contributed by atoms with Gasteiger partial charge in [0.15, 0.2) is 10.1 Å². The fraction of sp³-hybridized carbons (Fsp3) is 0.385. The summed E-state index contributed by atoms with van der Waals surface area (Å²) in [6.07, 6.45) is -0.990. The van der Waals surface area contributed by atoms with Gasteiger partial charge in [-0.05, 0) is 129 Å². The minimum absolute atomic E-state index is 0.0350. The summed E-state index contributed by atoms with van der Waals surface area (Å²) in [5, 5.41) is 21.4. The normalized spacial score (nSPS) is 18.0. The van der Waals surface area contributed by atoms with Gasteiger partial charge in [0, 0.05) is 48.4 Å². The number of sulfonamides is 2. The van der Waals surface area contributed by atoms with Gasteiger partial charge in [-0.3, -0.25) is 9.44 Å². The van der Waals surface area contributed by atoms with Crippen LogP contribution in [0.5, 0.6) is 0 Å². The van der Waals surface area contributed by atoms with E-state index in [0.29, 0.717) is 87.0 Å². The zero-order valence-electron chi connectivity index (χ0n) is 49.3. The van der Waals surface area contributed by atoms with Crippen molar-refractivity contribution in [1.29, 1.82) is 0 Å². The second-order valence-electron chi connectivity index (χ2n) is 21.2. The molecule has 0 bridgehead atoms. The van der Waals surface area contributed by atoms with E-state index in [9.17, 15) is 63.0 Å². The molecule has 2 aromatic heterocycles. The number of pyridine rings is 2. The molecule has 2 aliphatic heterocycles. The monoisotopic (exact) mass is 1250 g/mol. The Kier molecular flexibility index (Phi) is 23.4. The molecule has 468 valence electrons. The highest BCUT2D eigenvalue weighted by Gasteiger charge is 2.45. The number of hydrogen-bond donors (Lipinski definition) is 4. The van der Waals surface area contributed by atoms with Crippen molar-refractivity contribution in [3.8, 4) is 0 Å². The van der Waals surface area contributed by atoms with Crippen LogP contribution in [0.1, 0.15) is 157 Å². The molecule has 87 heavy (non-hydrogen) atoms. The zero-order valence-corrected chi connectivity index (χ0v) is 51.0. The Balaban J connectivity index is 0.000000270. The van der Waals surface area contributed by atoms with Gasteiger partial charge >= 0.3 is 24.3 Å². The summed E-state index contributed by atoms with van der Waals surface area (Å²) >= 11 is 0. The van der Waals surface area contributed by atoms with Crippen LogP contribution in [0.2, 0.25) is 0 Å². The predicted octanol–water partition coefficient (Wildman–Crippen LogP) is 16.1. The molecule has 4 heterocycles. The number of ether oxygens (including phenoxy) is 2. The van der Waals surface area contributed by atoms with E-state index in [0.717, 1.165) is 42.5 Å². The second-order valence-corrected chi connectivity index (χ2v) is 24.5. The van der Waals surface area contributed by atoms with Gasteiger partial charge in [0.25, 0.3) is 20.0 Å². The van der Waals surface area contributed by atoms with Crippen molar-refractivity contribution in [3.63, 3.8) is 0 Å². The summed E-state index contributed by atoms with van der Waals surface area (Å²) in [7, 11) is -8.61. The number of esters is 2. The number of hydrogen-bond acceptors (Lipinski definition) is 12. The van der Waals surface area contributed by atoms with Gasteiger partial charge in [0.05, 0.1) is 22.3 Å². The fourth-order valence-corrected chi connectivity index (χ4v) is 12.7. The lowest BCUT2D eigenvalue weighted by atomic mass is 9.79. The van der Waals surface area contributed by atoms with Crippen molar-refractivity contribution in [1.82, 2.24) is 9.97 Å². The standard InChI is InChI=1S/C32H35F3N2O5S.C31H33F3N2O5S.C2H6/c1-3-5-17-31(18-16-22-10-7-6-8-11-22)20-27(38)29(30(39)42-31)26(4-2)23-12-9-13-25(19-23)37-43(40,41)28-15-14-24(21-36-28)32(33,34)35;1-3-16-30(17-15-21-9-6-5-7-10-21)19-26(37)28(29(38)41-30)25(4-2)22-11-8-12-24(18-22)36-42(39,40)27-14-13-23(20-35-27)31(32,33)34;1-2/h6-15,19,21,26,37-38H,3-5,16-18,20H2,1-2H3;5-14,18,20,25,36-37H,3-4,15-17,19H2,1-2H3;1-2H3/t26-,31-;25-,30-;/m11./s1. The van der Waals surface area contributed by atoms with E-state index in [-0.39, 0.29) is 46.9 Å². The van der Waals surface area contributed by atoms with Crippen LogP contribution in [-0.4, -0.2) is 60.2 Å². The molecule has 0 amide bonds. The largest absolute Gasteiger partial charge is 0.512 e. The highest BCUT2D eigenvalue weighted by molar-refractivity contribution is 7.93. The first kappa shape index (κ1) is 68.4. The molecule has 0 unspecified atom stereocenters. The minimum atomic E-state index is -4.65. The number of carbonyl (C=O) groups is 2. The number of nitrogens with one attached hydrogen (secondary N) is 2. The summed E-state index contributed by atoms with van der Waals surface area (Å²) in [5.41, 5.74) is 0.0669. The summed E-state index contributed by atoms with van der Waals surface area (Å²) in [5.74, 6) is -2.45. The van der Waals surface area contributed by atoms with E-state index in [1.807, 2.05) is 95.3 Å². The van der Waals surface area contributed by atoms with Crippen LogP contribution >= 0.6 is 0 Å². The Labute approximate surface area is 505 Å². The van der Waals surface area contributed by atoms with E-state index >= 15 is 0 Å². The minimum Gasteiger partial charge on any atom is -0.512 e. The Morgan fingerprint density at radius 3 is 1.24 bits per heavy atom. The predicted molar refractivity (Wildman–Crippen MR) is 321 cm³/mol. The maximum absolute atomic E-state index is 13.5. The average molecular weight is 1250 g/mol. The molecule has 14 nitrogen and oxygen atoms in total. The molecular formula is C65H74F6N4O10S2. The quantitative estimate of drug-likeness (QED) is 0.0349. The van der Waals surface area contributed by atoms with Gasteiger partial charge in [0.1, 0.15) is 22.7 Å². The van der Waals surface area contributed by atoms with Crippen LogP contribution in [0.3, 0.4) is 0 Å². The topological polar surface area (TPSA) is 211 Å². The van der Waals surface area contributed by atoms with Crippen LogP contribution in [0, 0.1) is 0 Å². The molecule has 22 heteroatoms. The van der Waals surface area contributed by atoms with Crippen molar-refractivity contribution in [2.75, 3.05) is 9.44 Å². The molecule has 4 aromatic carbocycles. The van der Waals surface area contributed by atoms with E-state index in [4.69, 9.17) is 9.47 Å². The van der Waals surface area contributed by atoms with Crippen LogP contribution in [-0.2, 0) is 64.3 Å². The molecule has 2 aliphatic rings. The van der Waals surface area contributed by atoms with Crippen molar-refractivity contribution >= 4 is 43.4 Å². The van der Waals surface area contributed by atoms with Crippen molar-refractivity contribution < 1.29 is 72.5 Å². The third-order valence-corrected chi connectivity index (χ3v) is 17.6. The molecule has 0 saturated heterocycles. The zero-order chi connectivity index (χ0) is 63.8. The molecular weight excluding hydrogens is 1170 g/mol. The van der Waals surface area contributed by atoms with Gasteiger partial charge in [-0.15, -0.1) is 0 Å². The van der Waals surface area contributed by atoms with Crippen molar-refractivity contribution in [2.24, 2.45) is 0 Å². The fourth-order valence-electron chi connectivity index (χ4n) is 10.8. The van der Waals surface area contributed by atoms with Crippen LogP contribution in [0.4, 0.5) is 37.7 Å². The molecule has 8 rings (SSSR count). The molecule has 0 saturated carbocycles. The van der Waals surface area contributed by atoms with Crippen molar-refractivity contribution in [3.05, 3.63) is 202 Å². The maximum atomic E-state index is 13.5. The van der Waals surface area contributed by atoms with Gasteiger partial charge in [-0.1, -0.05) is 139 Å². The first-order valence-corrected chi connectivity index (χ1v) is 31.9. The Morgan fingerprint density at radius 1 is 0.529 bits per heavy atom. The molecule has 0 aliphatic carbocycles. The number of aryl methyl sites for hydroxylation is 2. The number of aromatic nitrogens is 2. The summed E-state index contributed by atoms with van der Waals surface area (Å²) in [6.45, 7) is 11.7. The summed E-state index contributed by atoms with van der Waals surface area (Å²) < 4.78 is 145. The number of unbranched alkanes of at least 4 members (excludes halogenated alkanes) is 1. The lowest BCUT2D eigenvalue weighted by molar-refractivity contribution is -0.162. The van der Waals surface area contributed by atoms with Gasteiger partial charge in [-0.2, -0.15) is 43.2 Å². The number of rotatable bonds is 23. The van der Waals surface area contributed by atoms with Crippen LogP contribution in [0.25, 0.3) is 0 Å². The first-order valence-electron chi connectivity index (χ1n) is 29.0. The van der Waals surface area contributed by atoms with E-state index < -0.39 is 88.6 Å². The highest BCUT2D eigenvalue weighted by Crippen LogP contribution is 2.45. The average Bonchev–Trinajstić information content (AvgIpc) is 1.01. The Bertz CT molecular complexity index is 3570. The summed E-state index contributed by atoms with van der Waals surface area (Å²) in [6, 6.07) is 35.2. The number of halogens is 6. The third-order valence-electron chi connectivity index (χ3n) is 15.0. The smallest absolute Gasteiger partial charge is 0.417 e. The highest BCUT2D eigenvalue weighted by atomic mass is 32.2. The number of aliphatic hydroxyl groups excluding tert-OH is 2. The number of nitrogens with zero attached hydrogens (tertiary/aromatic N) is 2. The van der Waals surface area contributed by atoms with E-state index in [2.05, 4.69) is 26.3 Å². The number of carbonyl (C=O) groups excluding carboxylic acids is 2.